The molecule has 3 atom stereocenters. The Bertz CT molecular complexity index is 476. The van der Waals surface area contributed by atoms with Crippen LogP contribution in [0, 0.1) is 0 Å². The summed E-state index contributed by atoms with van der Waals surface area (Å²) in [7, 11) is 0. The topological polar surface area (TPSA) is 133 Å². The van der Waals surface area contributed by atoms with Crippen molar-refractivity contribution in [3.8, 4) is 0 Å². The molecule has 8 heteroatoms. The third kappa shape index (κ3) is 16.7. The molecule has 0 rings (SSSR count). The number of allylic oxidation sites excluding steroid dienone is 1. The predicted octanol–water partition coefficient (Wildman–Crippen LogP) is 2.84. The lowest BCUT2D eigenvalue weighted by Crippen LogP contribution is -2.44. The number of hydrogen-bond donors (Lipinski definition) is 5. The maximum absolute atomic E-state index is 11.7. The van der Waals surface area contributed by atoms with Gasteiger partial charge in [0.25, 0.3) is 0 Å². The number of aliphatic hydroxyl groups is 2. The van der Waals surface area contributed by atoms with Gasteiger partial charge in [-0.05, 0) is 12.8 Å². The first-order chi connectivity index (χ1) is 14.4. The van der Waals surface area contributed by atoms with Gasteiger partial charge < -0.3 is 26.4 Å². The van der Waals surface area contributed by atoms with Gasteiger partial charge in [-0.25, -0.2) is 0 Å². The normalized spacial score (nSPS) is 14.5. The molecule has 0 fully saturated rings. The fourth-order valence-corrected chi connectivity index (χ4v) is 4.07. The molecule has 7 nitrogen and oxygen atoms in total. The number of carbonyl (C=O) groups excluding carboxylic acids is 1. The lowest BCUT2D eigenvalue weighted by atomic mass is 10.1. The van der Waals surface area contributed by atoms with E-state index in [1.807, 2.05) is 12.2 Å². The van der Waals surface area contributed by atoms with Gasteiger partial charge in [0.05, 0.1) is 24.0 Å². The van der Waals surface area contributed by atoms with Gasteiger partial charge in [0.1, 0.15) is 6.54 Å². The van der Waals surface area contributed by atoms with Crippen molar-refractivity contribution in [1.82, 2.24) is 5.32 Å². The molecule has 0 saturated carbocycles. The molecule has 176 valence electrons. The highest BCUT2D eigenvalue weighted by molar-refractivity contribution is 8.00. The quantitative estimate of drug-likeness (QED) is 0.143. The van der Waals surface area contributed by atoms with E-state index < -0.39 is 30.6 Å². The minimum atomic E-state index is -1.13. The summed E-state index contributed by atoms with van der Waals surface area (Å²) in [5, 5.41) is 29.7. The van der Waals surface area contributed by atoms with Crippen LogP contribution in [-0.2, 0) is 9.59 Å². The summed E-state index contributed by atoms with van der Waals surface area (Å²) in [6, 6.07) is -0.877. The summed E-state index contributed by atoms with van der Waals surface area (Å²) in [5.74, 6) is -1.46. The first-order valence-electron chi connectivity index (χ1n) is 11.2. The van der Waals surface area contributed by atoms with Gasteiger partial charge in [-0.1, -0.05) is 76.9 Å². The van der Waals surface area contributed by atoms with E-state index in [9.17, 15) is 19.8 Å². The van der Waals surface area contributed by atoms with Gasteiger partial charge in [0.15, 0.2) is 0 Å². The molecule has 0 spiro atoms. The molecule has 0 aromatic rings. The Morgan fingerprint density at radius 1 is 1.03 bits per heavy atom. The molecule has 3 unspecified atom stereocenters. The van der Waals surface area contributed by atoms with Crippen molar-refractivity contribution in [1.29, 1.82) is 0 Å². The Kier molecular flexibility index (Phi) is 19.1. The second-order valence-electron chi connectivity index (χ2n) is 7.66. The average Bonchev–Trinajstić information content (AvgIpc) is 2.73. The van der Waals surface area contributed by atoms with E-state index in [0.29, 0.717) is 0 Å². The van der Waals surface area contributed by atoms with Crippen LogP contribution in [-0.4, -0.2) is 63.5 Å². The third-order valence-electron chi connectivity index (χ3n) is 4.84. The fraction of sp³-hybridized carbons (Fsp3) is 0.818. The Balaban J connectivity index is 4.01. The van der Waals surface area contributed by atoms with Gasteiger partial charge in [-0.3, -0.25) is 9.59 Å². The van der Waals surface area contributed by atoms with E-state index in [1.165, 1.54) is 69.5 Å². The minimum Gasteiger partial charge on any atom is -0.480 e. The maximum atomic E-state index is 11.7. The molecule has 0 heterocycles. The van der Waals surface area contributed by atoms with Crippen LogP contribution in [0.3, 0.4) is 0 Å². The number of amides is 1. The van der Waals surface area contributed by atoms with E-state index in [0.717, 1.165) is 12.8 Å². The Morgan fingerprint density at radius 2 is 1.60 bits per heavy atom. The minimum absolute atomic E-state index is 0.218. The van der Waals surface area contributed by atoms with E-state index in [4.69, 9.17) is 10.8 Å². The highest BCUT2D eigenvalue weighted by Crippen LogP contribution is 2.18. The Labute approximate surface area is 185 Å². The first kappa shape index (κ1) is 28.9. The van der Waals surface area contributed by atoms with E-state index >= 15 is 0 Å². The van der Waals surface area contributed by atoms with E-state index in [1.54, 1.807) is 0 Å². The molecule has 0 radical (unpaired) electrons. The molecule has 0 aliphatic carbocycles. The number of carboxylic acids is 1. The maximum Gasteiger partial charge on any atom is 0.322 e. The van der Waals surface area contributed by atoms with Crippen LogP contribution >= 0.6 is 11.8 Å². The predicted molar refractivity (Wildman–Crippen MR) is 124 cm³/mol. The van der Waals surface area contributed by atoms with Crippen LogP contribution in [0.1, 0.15) is 77.6 Å². The molecule has 0 aromatic carbocycles. The Hall–Kier alpha value is -1.09. The highest BCUT2D eigenvalue weighted by atomic mass is 32.2. The van der Waals surface area contributed by atoms with Crippen molar-refractivity contribution >= 4 is 23.6 Å². The van der Waals surface area contributed by atoms with Crippen LogP contribution in [0.15, 0.2) is 12.2 Å². The summed E-state index contributed by atoms with van der Waals surface area (Å²) in [5.41, 5.74) is 5.77. The summed E-state index contributed by atoms with van der Waals surface area (Å²) in [6.45, 7) is 1.39. The van der Waals surface area contributed by atoms with Gasteiger partial charge in [0.2, 0.25) is 5.91 Å². The van der Waals surface area contributed by atoms with E-state index in [2.05, 4.69) is 12.2 Å². The molecule has 6 N–H and O–H groups in total. The molecule has 0 bridgehead atoms. The monoisotopic (exact) mass is 446 g/mol. The van der Waals surface area contributed by atoms with Crippen molar-refractivity contribution in [2.45, 2.75) is 94.9 Å². The molecular formula is C22H42N2O5S. The van der Waals surface area contributed by atoms with Crippen LogP contribution in [0.25, 0.3) is 0 Å². The summed E-state index contributed by atoms with van der Waals surface area (Å²) >= 11 is 1.28. The molecule has 0 aliphatic heterocycles. The van der Waals surface area contributed by atoms with Gasteiger partial charge in [-0.2, -0.15) is 0 Å². The largest absolute Gasteiger partial charge is 0.480 e. The van der Waals surface area contributed by atoms with Crippen molar-refractivity contribution < 1.29 is 24.9 Å². The zero-order chi connectivity index (χ0) is 22.6. The molecule has 0 aromatic heterocycles. The smallest absolute Gasteiger partial charge is 0.322 e. The van der Waals surface area contributed by atoms with Gasteiger partial charge >= 0.3 is 5.97 Å². The number of thioether (sulfide) groups is 1. The first-order valence-corrected chi connectivity index (χ1v) is 12.3. The number of nitrogens with one attached hydrogen (secondary N) is 1. The highest BCUT2D eigenvalue weighted by Gasteiger charge is 2.20. The van der Waals surface area contributed by atoms with E-state index in [-0.39, 0.29) is 17.6 Å². The number of hydrogen-bond acceptors (Lipinski definition) is 6. The van der Waals surface area contributed by atoms with Crippen LogP contribution in [0.4, 0.5) is 0 Å². The number of unbranched alkanes of at least 4 members (excludes halogenated alkanes) is 10. The van der Waals surface area contributed by atoms with Gasteiger partial charge in [-0.15, -0.1) is 11.8 Å². The number of carbonyl (C=O) groups is 2. The zero-order valence-electron chi connectivity index (χ0n) is 18.4. The van der Waals surface area contributed by atoms with Crippen molar-refractivity contribution in [3.05, 3.63) is 12.2 Å². The van der Waals surface area contributed by atoms with Gasteiger partial charge in [0, 0.05) is 5.75 Å². The summed E-state index contributed by atoms with van der Waals surface area (Å²) < 4.78 is 0. The second kappa shape index (κ2) is 19.8. The molecule has 1 amide bonds. The van der Waals surface area contributed by atoms with Crippen LogP contribution in [0.2, 0.25) is 0 Å². The second-order valence-corrected chi connectivity index (χ2v) is 8.88. The lowest BCUT2D eigenvalue weighted by Gasteiger charge is -2.19. The molecule has 30 heavy (non-hydrogen) atoms. The number of rotatable bonds is 20. The molecule has 0 saturated heterocycles. The summed E-state index contributed by atoms with van der Waals surface area (Å²) in [4.78, 5) is 22.2. The number of nitrogens with two attached hydrogens (primary N) is 1. The number of carboxylic acid groups (broad SMARTS) is 1. The lowest BCUT2D eigenvalue weighted by molar-refractivity contribution is -0.138. The van der Waals surface area contributed by atoms with Crippen molar-refractivity contribution in [2.75, 3.05) is 18.9 Å². The van der Waals surface area contributed by atoms with Crippen molar-refractivity contribution in [2.24, 2.45) is 5.73 Å². The van der Waals surface area contributed by atoms with Crippen molar-refractivity contribution in [3.63, 3.8) is 0 Å². The standard InChI is InChI=1S/C22H42N2O5S/c1-2-3-4-5-6-7-8-9-10-11-12-13-14-20(19(26)16-25)30-17-18(23)22(29)24-15-21(27)28/h13-14,18-20,25-26H,2-12,15-17,23H2,1H3,(H,24,29)(H,27,28)/b14-13-. The summed E-state index contributed by atoms with van der Waals surface area (Å²) in [6.07, 6.45) is 16.7. The third-order valence-corrected chi connectivity index (χ3v) is 6.24. The molecular weight excluding hydrogens is 404 g/mol. The van der Waals surface area contributed by atoms with Crippen LogP contribution < -0.4 is 11.1 Å². The number of aliphatic carboxylic acids is 1. The zero-order valence-corrected chi connectivity index (χ0v) is 19.2. The Morgan fingerprint density at radius 3 is 2.13 bits per heavy atom. The number of aliphatic hydroxyl groups excluding tert-OH is 2. The van der Waals surface area contributed by atoms with Crippen LogP contribution in [0.5, 0.6) is 0 Å². The fourth-order valence-electron chi connectivity index (χ4n) is 2.96. The molecule has 0 aliphatic rings. The average molecular weight is 447 g/mol. The SMILES string of the molecule is CCCCCCCCCCCC/C=C\C(SCC(N)C(=O)NCC(=O)O)C(O)CO.